The van der Waals surface area contributed by atoms with Crippen LogP contribution < -0.4 is 5.32 Å². The zero-order chi connectivity index (χ0) is 13.2. The van der Waals surface area contributed by atoms with Crippen LogP contribution in [0.5, 0.6) is 0 Å². The summed E-state index contributed by atoms with van der Waals surface area (Å²) in [4.78, 5) is 0. The first kappa shape index (κ1) is 13.3. The molecule has 1 aliphatic rings. The Morgan fingerprint density at radius 1 is 1.17 bits per heavy atom. The molecule has 1 saturated heterocycles. The lowest BCUT2D eigenvalue weighted by molar-refractivity contribution is -0.179. The van der Waals surface area contributed by atoms with E-state index < -0.39 is 12.1 Å². The van der Waals surface area contributed by atoms with Crippen molar-refractivity contribution in [3.63, 3.8) is 0 Å². The largest absolute Gasteiger partial charge is 0.393 e. The Balaban J connectivity index is 1.90. The molecule has 0 bridgehead atoms. The maximum atomic E-state index is 13.4. The number of nitrogens with one attached hydrogen (secondary N) is 1. The third-order valence-corrected chi connectivity index (χ3v) is 3.40. The van der Waals surface area contributed by atoms with E-state index in [1.165, 1.54) is 6.07 Å². The van der Waals surface area contributed by atoms with Gasteiger partial charge in [-0.15, -0.1) is 0 Å². The van der Waals surface area contributed by atoms with Crippen molar-refractivity contribution in [3.8, 4) is 0 Å². The number of hydrogen-bond donors (Lipinski definition) is 1. The van der Waals surface area contributed by atoms with Crippen molar-refractivity contribution in [2.24, 2.45) is 5.92 Å². The van der Waals surface area contributed by atoms with Crippen LogP contribution in [-0.2, 0) is 6.42 Å². The molecule has 2 atom stereocenters. The number of rotatable bonds is 2. The monoisotopic (exact) mass is 261 g/mol. The van der Waals surface area contributed by atoms with Gasteiger partial charge in [0, 0.05) is 12.6 Å². The molecule has 0 saturated carbocycles. The number of halogens is 4. The quantitative estimate of drug-likeness (QED) is 0.805. The molecule has 1 heterocycles. The number of hydrogen-bond acceptors (Lipinski definition) is 1. The van der Waals surface area contributed by atoms with Crippen LogP contribution in [0, 0.1) is 11.7 Å². The molecule has 2 rings (SSSR count). The molecular weight excluding hydrogens is 246 g/mol. The fraction of sp³-hybridized carbons (Fsp3) is 0.538. The lowest BCUT2D eigenvalue weighted by atomic mass is 9.91. The summed E-state index contributed by atoms with van der Waals surface area (Å²) >= 11 is 0. The van der Waals surface area contributed by atoms with Crippen molar-refractivity contribution in [1.29, 1.82) is 0 Å². The van der Waals surface area contributed by atoms with Gasteiger partial charge in [-0.05, 0) is 30.9 Å². The molecular formula is C13H15F4N. The highest BCUT2D eigenvalue weighted by Gasteiger charge is 2.41. The van der Waals surface area contributed by atoms with Crippen molar-refractivity contribution >= 4 is 0 Å². The lowest BCUT2D eigenvalue weighted by Gasteiger charge is -2.31. The molecule has 5 heteroatoms. The van der Waals surface area contributed by atoms with E-state index in [9.17, 15) is 17.6 Å². The van der Waals surface area contributed by atoms with E-state index in [0.29, 0.717) is 18.4 Å². The Bertz CT molecular complexity index is 394. The molecule has 1 aromatic rings. The average Bonchev–Trinajstić information content (AvgIpc) is 2.32. The van der Waals surface area contributed by atoms with E-state index in [-0.39, 0.29) is 24.8 Å². The van der Waals surface area contributed by atoms with Gasteiger partial charge in [-0.1, -0.05) is 18.2 Å². The summed E-state index contributed by atoms with van der Waals surface area (Å²) in [6, 6.07) is 6.32. The Kier molecular flexibility index (Phi) is 3.90. The topological polar surface area (TPSA) is 12.0 Å². The minimum atomic E-state index is -4.13. The van der Waals surface area contributed by atoms with Crippen molar-refractivity contribution in [2.45, 2.75) is 31.5 Å². The minimum Gasteiger partial charge on any atom is -0.313 e. The highest BCUT2D eigenvalue weighted by atomic mass is 19.4. The molecule has 1 nitrogen and oxygen atoms in total. The summed E-state index contributed by atoms with van der Waals surface area (Å²) in [5.41, 5.74) is 0.556. The highest BCUT2D eigenvalue weighted by molar-refractivity contribution is 5.18. The molecule has 0 amide bonds. The molecule has 1 aromatic carbocycles. The molecule has 2 unspecified atom stereocenters. The van der Waals surface area contributed by atoms with Crippen LogP contribution in [0.3, 0.4) is 0 Å². The lowest BCUT2D eigenvalue weighted by Crippen LogP contribution is -2.45. The van der Waals surface area contributed by atoms with E-state index in [1.807, 2.05) is 0 Å². The predicted molar refractivity (Wildman–Crippen MR) is 60.7 cm³/mol. The van der Waals surface area contributed by atoms with E-state index in [2.05, 4.69) is 5.32 Å². The Morgan fingerprint density at radius 2 is 1.89 bits per heavy atom. The van der Waals surface area contributed by atoms with Crippen molar-refractivity contribution in [1.82, 2.24) is 5.32 Å². The molecule has 100 valence electrons. The molecule has 18 heavy (non-hydrogen) atoms. The van der Waals surface area contributed by atoms with Crippen molar-refractivity contribution in [3.05, 3.63) is 35.6 Å². The van der Waals surface area contributed by atoms with E-state index in [4.69, 9.17) is 0 Å². The molecule has 0 radical (unpaired) electrons. The maximum Gasteiger partial charge on any atom is 0.393 e. The third kappa shape index (κ3) is 3.22. The first-order chi connectivity index (χ1) is 8.47. The second-order valence-corrected chi connectivity index (χ2v) is 4.72. The fourth-order valence-electron chi connectivity index (χ4n) is 2.30. The van der Waals surface area contributed by atoms with Gasteiger partial charge in [0.25, 0.3) is 0 Å². The third-order valence-electron chi connectivity index (χ3n) is 3.40. The number of alkyl halides is 3. The van der Waals surface area contributed by atoms with Crippen LogP contribution in [0.2, 0.25) is 0 Å². The van der Waals surface area contributed by atoms with Gasteiger partial charge in [-0.25, -0.2) is 4.39 Å². The van der Waals surface area contributed by atoms with E-state index >= 15 is 0 Å². The second-order valence-electron chi connectivity index (χ2n) is 4.72. The second kappa shape index (κ2) is 5.26. The van der Waals surface area contributed by atoms with Gasteiger partial charge in [-0.3, -0.25) is 0 Å². The molecule has 1 aliphatic heterocycles. The first-order valence-electron chi connectivity index (χ1n) is 6.00. The van der Waals surface area contributed by atoms with Crippen LogP contribution >= 0.6 is 0 Å². The van der Waals surface area contributed by atoms with Crippen LogP contribution in [0.4, 0.5) is 17.6 Å². The maximum absolute atomic E-state index is 13.4. The minimum absolute atomic E-state index is 0.0668. The van der Waals surface area contributed by atoms with Crippen molar-refractivity contribution in [2.75, 3.05) is 6.54 Å². The summed E-state index contributed by atoms with van der Waals surface area (Å²) in [5, 5.41) is 2.86. The molecule has 1 N–H and O–H groups in total. The Hall–Kier alpha value is -1.10. The van der Waals surface area contributed by atoms with E-state index in [0.717, 1.165) is 0 Å². The Morgan fingerprint density at radius 3 is 2.44 bits per heavy atom. The summed E-state index contributed by atoms with van der Waals surface area (Å²) in [6.07, 6.45) is -3.14. The van der Waals surface area contributed by atoms with E-state index in [1.54, 1.807) is 18.2 Å². The van der Waals surface area contributed by atoms with Gasteiger partial charge in [0.15, 0.2) is 0 Å². The standard InChI is InChI=1S/C13H15F4N/c14-12-4-2-1-3-9(12)7-11-6-5-10(8-18-11)13(15,16)17/h1-4,10-11,18H,5-8H2. The van der Waals surface area contributed by atoms with Gasteiger partial charge in [0.2, 0.25) is 0 Å². The van der Waals surface area contributed by atoms with Crippen LogP contribution in [-0.4, -0.2) is 18.8 Å². The SMILES string of the molecule is Fc1ccccc1CC1CCC(C(F)(F)F)CN1. The molecule has 0 spiro atoms. The smallest absolute Gasteiger partial charge is 0.313 e. The van der Waals surface area contributed by atoms with Gasteiger partial charge in [-0.2, -0.15) is 13.2 Å². The predicted octanol–water partition coefficient (Wildman–Crippen LogP) is 3.30. The Labute approximate surface area is 103 Å². The summed E-state index contributed by atoms with van der Waals surface area (Å²) in [7, 11) is 0. The number of piperidine rings is 1. The normalized spacial score (nSPS) is 25.1. The van der Waals surface area contributed by atoms with Gasteiger partial charge >= 0.3 is 6.18 Å². The molecule has 0 aliphatic carbocycles. The van der Waals surface area contributed by atoms with Gasteiger partial charge in [0.1, 0.15) is 5.82 Å². The van der Waals surface area contributed by atoms with Gasteiger partial charge < -0.3 is 5.32 Å². The molecule has 1 fully saturated rings. The zero-order valence-corrected chi connectivity index (χ0v) is 9.80. The van der Waals surface area contributed by atoms with Crippen LogP contribution in [0.1, 0.15) is 18.4 Å². The molecule has 0 aromatic heterocycles. The van der Waals surface area contributed by atoms with Gasteiger partial charge in [0.05, 0.1) is 5.92 Å². The average molecular weight is 261 g/mol. The van der Waals surface area contributed by atoms with Crippen molar-refractivity contribution < 1.29 is 17.6 Å². The first-order valence-corrected chi connectivity index (χ1v) is 6.00. The van der Waals surface area contributed by atoms with Crippen LogP contribution in [0.25, 0.3) is 0 Å². The fourth-order valence-corrected chi connectivity index (χ4v) is 2.30. The zero-order valence-electron chi connectivity index (χ0n) is 9.80. The summed E-state index contributed by atoms with van der Waals surface area (Å²) in [5.74, 6) is -1.56. The number of benzene rings is 1. The highest BCUT2D eigenvalue weighted by Crippen LogP contribution is 2.32. The van der Waals surface area contributed by atoms with Crippen LogP contribution in [0.15, 0.2) is 24.3 Å². The summed E-state index contributed by atoms with van der Waals surface area (Å²) < 4.78 is 50.8. The summed E-state index contributed by atoms with van der Waals surface area (Å²) in [6.45, 7) is -0.0668.